The summed E-state index contributed by atoms with van der Waals surface area (Å²) in [6.45, 7) is 2.47. The Kier molecular flexibility index (Phi) is 4.18. The van der Waals surface area contributed by atoms with Gasteiger partial charge in [0, 0.05) is 17.8 Å². The van der Waals surface area contributed by atoms with Crippen LogP contribution < -0.4 is 15.4 Å². The van der Waals surface area contributed by atoms with Gasteiger partial charge in [0.25, 0.3) is 5.69 Å². The lowest BCUT2D eigenvalue weighted by atomic mass is 9.88. The molecule has 0 aliphatic carbocycles. The summed E-state index contributed by atoms with van der Waals surface area (Å²) >= 11 is 0. The van der Waals surface area contributed by atoms with Crippen LogP contribution >= 0.6 is 0 Å². The van der Waals surface area contributed by atoms with Crippen molar-refractivity contribution in [2.45, 2.75) is 19.0 Å². The van der Waals surface area contributed by atoms with Gasteiger partial charge in [-0.15, -0.1) is 0 Å². The third-order valence-corrected chi connectivity index (χ3v) is 4.01. The molecule has 0 radical (unpaired) electrons. The van der Waals surface area contributed by atoms with Crippen molar-refractivity contribution < 1.29 is 14.5 Å². The van der Waals surface area contributed by atoms with Crippen molar-refractivity contribution in [1.29, 1.82) is 0 Å². The first kappa shape index (κ1) is 15.9. The molecule has 1 fully saturated rings. The minimum absolute atomic E-state index is 0.00517. The van der Waals surface area contributed by atoms with Gasteiger partial charge in [-0.05, 0) is 36.8 Å². The van der Waals surface area contributed by atoms with Crippen LogP contribution in [-0.2, 0) is 4.79 Å². The Balaban J connectivity index is 1.86. The van der Waals surface area contributed by atoms with Crippen LogP contribution in [0.15, 0.2) is 48.5 Å². The van der Waals surface area contributed by atoms with Crippen LogP contribution in [0.25, 0.3) is 0 Å². The van der Waals surface area contributed by atoms with Gasteiger partial charge in [0.1, 0.15) is 11.8 Å². The Morgan fingerprint density at radius 2 is 1.79 bits per heavy atom. The number of carbonyl (C=O) groups excluding carboxylic acids is 1. The second-order valence-corrected chi connectivity index (χ2v) is 5.45. The van der Waals surface area contributed by atoms with E-state index in [1.807, 2.05) is 6.92 Å². The van der Waals surface area contributed by atoms with Crippen molar-refractivity contribution in [3.8, 4) is 5.75 Å². The minimum Gasteiger partial charge on any atom is -0.494 e. The molecule has 0 unspecified atom stereocenters. The molecule has 0 saturated carbocycles. The quantitative estimate of drug-likeness (QED) is 0.516. The number of rotatable bonds is 5. The lowest BCUT2D eigenvalue weighted by molar-refractivity contribution is -0.384. The summed E-state index contributed by atoms with van der Waals surface area (Å²) in [5, 5.41) is 10.8. The van der Waals surface area contributed by atoms with Gasteiger partial charge in [0.05, 0.1) is 17.6 Å². The Labute approximate surface area is 138 Å². The van der Waals surface area contributed by atoms with Gasteiger partial charge in [-0.25, -0.2) is 0 Å². The number of β-lactam (4-membered cyclic amide) rings is 1. The minimum atomic E-state index is -0.655. The summed E-state index contributed by atoms with van der Waals surface area (Å²) in [6, 6.07) is 12.3. The maximum atomic E-state index is 12.2. The number of nitrogens with zero attached hydrogens (tertiary/aromatic N) is 2. The maximum Gasteiger partial charge on any atom is 0.269 e. The number of hydrogen-bond acceptors (Lipinski definition) is 5. The van der Waals surface area contributed by atoms with E-state index >= 15 is 0 Å². The average molecular weight is 327 g/mol. The highest BCUT2D eigenvalue weighted by molar-refractivity contribution is 6.05. The van der Waals surface area contributed by atoms with E-state index in [0.29, 0.717) is 12.3 Å². The first-order chi connectivity index (χ1) is 11.5. The number of hydrogen-bond donors (Lipinski definition) is 1. The van der Waals surface area contributed by atoms with Crippen LogP contribution in [0.3, 0.4) is 0 Å². The summed E-state index contributed by atoms with van der Waals surface area (Å²) in [4.78, 5) is 24.1. The number of non-ortho nitro benzene ring substituents is 1. The molecule has 0 bridgehead atoms. The van der Waals surface area contributed by atoms with E-state index in [1.54, 1.807) is 41.3 Å². The molecule has 2 aromatic carbocycles. The lowest BCUT2D eigenvalue weighted by Gasteiger charge is -2.45. The van der Waals surface area contributed by atoms with E-state index in [0.717, 1.165) is 11.3 Å². The van der Waals surface area contributed by atoms with Crippen molar-refractivity contribution in [3.63, 3.8) is 0 Å². The summed E-state index contributed by atoms with van der Waals surface area (Å²) in [5.74, 6) is 0.549. The number of nitro benzene ring substituents is 1. The second kappa shape index (κ2) is 6.29. The number of benzene rings is 2. The molecular formula is C17H17N3O4. The topological polar surface area (TPSA) is 98.7 Å². The summed E-state index contributed by atoms with van der Waals surface area (Å²) in [5.41, 5.74) is 7.44. The van der Waals surface area contributed by atoms with E-state index in [2.05, 4.69) is 0 Å². The zero-order valence-electron chi connectivity index (χ0n) is 13.1. The van der Waals surface area contributed by atoms with Crippen LogP contribution in [0.5, 0.6) is 5.75 Å². The lowest BCUT2D eigenvalue weighted by Crippen LogP contribution is -2.63. The van der Waals surface area contributed by atoms with Gasteiger partial charge in [0.2, 0.25) is 5.91 Å². The highest BCUT2D eigenvalue weighted by Gasteiger charge is 2.46. The van der Waals surface area contributed by atoms with E-state index in [9.17, 15) is 14.9 Å². The van der Waals surface area contributed by atoms with Crippen molar-refractivity contribution in [2.75, 3.05) is 11.5 Å². The van der Waals surface area contributed by atoms with E-state index in [1.165, 1.54) is 12.1 Å². The maximum absolute atomic E-state index is 12.2. The standard InChI is InChI=1S/C17H17N3O4/c1-2-24-14-9-7-12(8-10-14)19-16(15(18)17(19)21)11-3-5-13(6-4-11)20(22)23/h3-10,15-16H,2,18H2,1H3/t15-,16-/m1/s1. The van der Waals surface area contributed by atoms with Gasteiger partial charge in [-0.1, -0.05) is 12.1 Å². The molecule has 7 nitrogen and oxygen atoms in total. The zero-order valence-corrected chi connectivity index (χ0v) is 13.1. The van der Waals surface area contributed by atoms with E-state index < -0.39 is 11.0 Å². The van der Waals surface area contributed by atoms with Crippen molar-refractivity contribution in [2.24, 2.45) is 5.73 Å². The van der Waals surface area contributed by atoms with Crippen molar-refractivity contribution in [1.82, 2.24) is 0 Å². The van der Waals surface area contributed by atoms with Gasteiger partial charge >= 0.3 is 0 Å². The summed E-state index contributed by atoms with van der Waals surface area (Å²) in [6.07, 6.45) is 0. The highest BCUT2D eigenvalue weighted by atomic mass is 16.6. The molecule has 124 valence electrons. The molecule has 2 N–H and O–H groups in total. The molecule has 0 aromatic heterocycles. The van der Waals surface area contributed by atoms with Gasteiger partial charge < -0.3 is 15.4 Å². The van der Waals surface area contributed by atoms with Gasteiger partial charge in [-0.2, -0.15) is 0 Å². The Bertz CT molecular complexity index is 758. The number of anilines is 1. The highest BCUT2D eigenvalue weighted by Crippen LogP contribution is 2.39. The number of carbonyl (C=O) groups is 1. The van der Waals surface area contributed by atoms with Gasteiger partial charge in [-0.3, -0.25) is 14.9 Å². The number of amides is 1. The Morgan fingerprint density at radius 3 is 2.33 bits per heavy atom. The number of nitro groups is 1. The molecule has 3 rings (SSSR count). The molecule has 7 heteroatoms. The molecule has 0 spiro atoms. The van der Waals surface area contributed by atoms with Crippen LogP contribution in [0.1, 0.15) is 18.5 Å². The fourth-order valence-corrected chi connectivity index (χ4v) is 2.82. The van der Waals surface area contributed by atoms with Gasteiger partial charge in [0.15, 0.2) is 0 Å². The SMILES string of the molecule is CCOc1ccc(N2C(=O)[C@H](N)[C@H]2c2ccc([N+](=O)[O-])cc2)cc1. The largest absolute Gasteiger partial charge is 0.494 e. The zero-order chi connectivity index (χ0) is 17.3. The van der Waals surface area contributed by atoms with E-state index in [4.69, 9.17) is 10.5 Å². The molecule has 1 saturated heterocycles. The predicted molar refractivity (Wildman–Crippen MR) is 88.9 cm³/mol. The normalized spacial score (nSPS) is 19.8. The van der Waals surface area contributed by atoms with Crippen LogP contribution in [0.2, 0.25) is 0 Å². The summed E-state index contributed by atoms with van der Waals surface area (Å²) in [7, 11) is 0. The molecule has 2 atom stereocenters. The Hall–Kier alpha value is -2.93. The average Bonchev–Trinajstić information content (AvgIpc) is 2.60. The molecule has 1 amide bonds. The third-order valence-electron chi connectivity index (χ3n) is 4.01. The van der Waals surface area contributed by atoms with Crippen LogP contribution in [0, 0.1) is 10.1 Å². The summed E-state index contributed by atoms with van der Waals surface area (Å²) < 4.78 is 5.40. The van der Waals surface area contributed by atoms with Crippen molar-refractivity contribution >= 4 is 17.3 Å². The molecular weight excluding hydrogens is 310 g/mol. The number of nitrogens with two attached hydrogens (primary N) is 1. The van der Waals surface area contributed by atoms with Crippen LogP contribution in [0.4, 0.5) is 11.4 Å². The fraction of sp³-hybridized carbons (Fsp3) is 0.235. The van der Waals surface area contributed by atoms with Crippen LogP contribution in [-0.4, -0.2) is 23.5 Å². The first-order valence-electron chi connectivity index (χ1n) is 7.58. The molecule has 24 heavy (non-hydrogen) atoms. The molecule has 1 heterocycles. The fourth-order valence-electron chi connectivity index (χ4n) is 2.82. The third kappa shape index (κ3) is 2.69. The van der Waals surface area contributed by atoms with E-state index in [-0.39, 0.29) is 17.6 Å². The second-order valence-electron chi connectivity index (χ2n) is 5.45. The first-order valence-corrected chi connectivity index (χ1v) is 7.58. The number of ether oxygens (including phenoxy) is 1. The van der Waals surface area contributed by atoms with Crippen molar-refractivity contribution in [3.05, 3.63) is 64.2 Å². The molecule has 1 aliphatic rings. The molecule has 1 aliphatic heterocycles. The monoisotopic (exact) mass is 327 g/mol. The predicted octanol–water partition coefficient (Wildman–Crippen LogP) is 2.41. The smallest absolute Gasteiger partial charge is 0.269 e. The Morgan fingerprint density at radius 1 is 1.17 bits per heavy atom. The molecule has 2 aromatic rings.